The summed E-state index contributed by atoms with van der Waals surface area (Å²) in [5.41, 5.74) is 3.13. The Balaban J connectivity index is 1.83. The molecule has 3 rings (SSSR count). The maximum atomic E-state index is 13.0. The molecule has 1 unspecified atom stereocenters. The highest BCUT2D eigenvalue weighted by Crippen LogP contribution is 2.42. The molecule has 0 spiro atoms. The molecule has 5 atom stereocenters. The second-order valence-corrected chi connectivity index (χ2v) is 7.44. The number of para-hydroxylation sites is 1. The number of aromatic amines is 1. The second kappa shape index (κ2) is 9.31. The Morgan fingerprint density at radius 3 is 2.64 bits per heavy atom. The maximum Gasteiger partial charge on any atom is 0.750 e. The van der Waals surface area contributed by atoms with Crippen molar-refractivity contribution >= 4 is 8.25 Å². The first-order valence-corrected chi connectivity index (χ1v) is 9.94. The van der Waals surface area contributed by atoms with Gasteiger partial charge in [0.05, 0.1) is 0 Å². The summed E-state index contributed by atoms with van der Waals surface area (Å²) in [6, 6.07) is 4.75. The van der Waals surface area contributed by atoms with Gasteiger partial charge in [-0.05, 0) is 17.7 Å². The number of rotatable bonds is 7. The van der Waals surface area contributed by atoms with Crippen LogP contribution in [0.1, 0.15) is 11.8 Å². The first-order chi connectivity index (χ1) is 15.5. The van der Waals surface area contributed by atoms with Crippen molar-refractivity contribution in [1.82, 2.24) is 9.55 Å². The van der Waals surface area contributed by atoms with Gasteiger partial charge < -0.3 is 19.9 Å². The standard InChI is InChI=1S/C16H13F3N5O8P/c17-16(18,19)8-3-1-2-4-9(8)32-33(29)30-7-15(22-23-20)12(27)11(26)13(31-15)24-10(25)5-6-21-14(24)28/h1-6,11-13,26-27H,7H2/p+1/t11-,12+,13-,15-/m1/s1. The summed E-state index contributed by atoms with van der Waals surface area (Å²) in [5, 5.41) is 23.9. The molecule has 2 heterocycles. The van der Waals surface area contributed by atoms with Crippen molar-refractivity contribution in [2.24, 2.45) is 5.11 Å². The van der Waals surface area contributed by atoms with E-state index in [0.717, 1.165) is 24.4 Å². The molecule has 1 aromatic heterocycles. The number of hydrogen-bond acceptors (Lipinski definition) is 9. The molecule has 2 aromatic rings. The summed E-state index contributed by atoms with van der Waals surface area (Å²) in [7, 11) is -3.34. The van der Waals surface area contributed by atoms with Gasteiger partial charge in [0.25, 0.3) is 5.56 Å². The van der Waals surface area contributed by atoms with Crippen LogP contribution in [0.3, 0.4) is 0 Å². The molecule has 176 valence electrons. The van der Waals surface area contributed by atoms with Crippen molar-refractivity contribution in [3.05, 3.63) is 73.4 Å². The monoisotopic (exact) mass is 492 g/mol. The zero-order chi connectivity index (χ0) is 24.4. The molecule has 1 aromatic carbocycles. The average Bonchev–Trinajstić information content (AvgIpc) is 2.98. The van der Waals surface area contributed by atoms with Gasteiger partial charge >= 0.3 is 20.1 Å². The fourth-order valence-electron chi connectivity index (χ4n) is 2.99. The first kappa shape index (κ1) is 24.4. The van der Waals surface area contributed by atoms with Crippen LogP contribution in [0.2, 0.25) is 0 Å². The molecule has 17 heteroatoms. The molecule has 3 N–H and O–H groups in total. The van der Waals surface area contributed by atoms with Gasteiger partial charge in [0.2, 0.25) is 11.5 Å². The van der Waals surface area contributed by atoms with Gasteiger partial charge in [0.1, 0.15) is 24.4 Å². The SMILES string of the molecule is [N-]=[N+]=N[C@]1(CO[P+](=O)Oc2ccccc2C(F)(F)F)O[C@@H](n2c(=O)cc[nH]c2=O)[C@H](O)[C@@H]1O. The number of nitrogens with one attached hydrogen (secondary N) is 1. The number of nitrogens with zero attached hydrogens (tertiary/aromatic N) is 4. The Morgan fingerprint density at radius 2 is 2.00 bits per heavy atom. The molecular weight excluding hydrogens is 478 g/mol. The molecule has 33 heavy (non-hydrogen) atoms. The lowest BCUT2D eigenvalue weighted by molar-refractivity contribution is -0.138. The number of azide groups is 1. The molecule has 0 bridgehead atoms. The van der Waals surface area contributed by atoms with Gasteiger partial charge in [0.15, 0.2) is 6.23 Å². The first-order valence-electron chi connectivity index (χ1n) is 8.85. The Morgan fingerprint density at radius 1 is 1.30 bits per heavy atom. The minimum Gasteiger partial charge on any atom is -0.387 e. The van der Waals surface area contributed by atoms with E-state index in [1.54, 1.807) is 0 Å². The van der Waals surface area contributed by atoms with Gasteiger partial charge in [-0.25, -0.2) is 13.9 Å². The van der Waals surface area contributed by atoms with E-state index in [1.807, 2.05) is 0 Å². The van der Waals surface area contributed by atoms with Crippen LogP contribution in [0, 0.1) is 0 Å². The number of alkyl halides is 3. The number of aromatic nitrogens is 2. The van der Waals surface area contributed by atoms with E-state index < -0.39 is 67.8 Å². The fraction of sp³-hybridized carbons (Fsp3) is 0.375. The van der Waals surface area contributed by atoms with E-state index in [9.17, 15) is 37.5 Å². The predicted octanol–water partition coefficient (Wildman–Crippen LogP) is 1.57. The Bertz CT molecular complexity index is 1190. The van der Waals surface area contributed by atoms with E-state index in [0.29, 0.717) is 10.6 Å². The normalized spacial score (nSPS) is 25.4. The third kappa shape index (κ3) is 4.90. The number of aliphatic hydroxyl groups is 2. The van der Waals surface area contributed by atoms with Crippen LogP contribution in [0.5, 0.6) is 5.75 Å². The molecule has 0 radical (unpaired) electrons. The van der Waals surface area contributed by atoms with Crippen LogP contribution in [0.25, 0.3) is 10.4 Å². The summed E-state index contributed by atoms with van der Waals surface area (Å²) in [5.74, 6) is -0.822. The Labute approximate surface area is 181 Å². The smallest absolute Gasteiger partial charge is 0.387 e. The van der Waals surface area contributed by atoms with E-state index in [2.05, 4.69) is 19.5 Å². The van der Waals surface area contributed by atoms with Crippen LogP contribution in [-0.4, -0.2) is 44.3 Å². The topological polar surface area (TPSA) is 189 Å². The van der Waals surface area contributed by atoms with Crippen LogP contribution in [0.4, 0.5) is 13.2 Å². The highest BCUT2D eigenvalue weighted by Gasteiger charge is 2.57. The van der Waals surface area contributed by atoms with Gasteiger partial charge in [-0.3, -0.25) is 4.79 Å². The number of hydrogen-bond donors (Lipinski definition) is 3. The average molecular weight is 492 g/mol. The minimum atomic E-state index is -4.82. The molecule has 1 fully saturated rings. The molecule has 1 aliphatic rings. The number of H-pyrrole nitrogens is 1. The lowest BCUT2D eigenvalue weighted by Gasteiger charge is -2.23. The molecule has 0 saturated carbocycles. The van der Waals surface area contributed by atoms with Crippen molar-refractivity contribution in [3.8, 4) is 5.75 Å². The minimum absolute atomic E-state index is 0.388. The highest BCUT2D eigenvalue weighted by atomic mass is 31.1. The van der Waals surface area contributed by atoms with Crippen molar-refractivity contribution in [1.29, 1.82) is 0 Å². The van der Waals surface area contributed by atoms with Crippen LogP contribution in [0.15, 0.2) is 51.2 Å². The number of ether oxygens (including phenoxy) is 1. The number of halogens is 3. The van der Waals surface area contributed by atoms with Crippen LogP contribution < -0.4 is 15.8 Å². The van der Waals surface area contributed by atoms with Gasteiger partial charge in [-0.15, -0.1) is 4.52 Å². The maximum absolute atomic E-state index is 13.0. The van der Waals surface area contributed by atoms with Gasteiger partial charge in [-0.2, -0.15) is 13.2 Å². The number of aliphatic hydroxyl groups excluding tert-OH is 2. The summed E-state index contributed by atoms with van der Waals surface area (Å²) in [4.78, 5) is 28.6. The number of benzene rings is 1. The molecular formula is C16H14F3N5O8P+. The summed E-state index contributed by atoms with van der Waals surface area (Å²) in [6.07, 6.45) is -9.75. The molecule has 1 saturated heterocycles. The lowest BCUT2D eigenvalue weighted by Crippen LogP contribution is -2.44. The van der Waals surface area contributed by atoms with Crippen molar-refractivity contribution in [2.75, 3.05) is 6.61 Å². The van der Waals surface area contributed by atoms with E-state index in [-0.39, 0.29) is 0 Å². The highest BCUT2D eigenvalue weighted by molar-refractivity contribution is 7.33. The zero-order valence-electron chi connectivity index (χ0n) is 16.1. The molecule has 0 aliphatic carbocycles. The summed E-state index contributed by atoms with van der Waals surface area (Å²) >= 11 is 0. The Kier molecular flexibility index (Phi) is 6.88. The van der Waals surface area contributed by atoms with Crippen molar-refractivity contribution in [3.63, 3.8) is 0 Å². The summed E-state index contributed by atoms with van der Waals surface area (Å²) < 4.78 is 66.4. The molecule has 13 nitrogen and oxygen atoms in total. The third-order valence-electron chi connectivity index (χ3n) is 4.50. The Hall–Kier alpha value is -3.26. The molecule has 0 amide bonds. The predicted molar refractivity (Wildman–Crippen MR) is 101 cm³/mol. The van der Waals surface area contributed by atoms with E-state index >= 15 is 0 Å². The van der Waals surface area contributed by atoms with Crippen molar-refractivity contribution in [2.45, 2.75) is 30.3 Å². The lowest BCUT2D eigenvalue weighted by atomic mass is 10.1. The van der Waals surface area contributed by atoms with Crippen LogP contribution in [-0.2, 0) is 20.0 Å². The zero-order valence-corrected chi connectivity index (χ0v) is 17.0. The molecule has 1 aliphatic heterocycles. The van der Waals surface area contributed by atoms with E-state index in [4.69, 9.17) is 14.8 Å². The van der Waals surface area contributed by atoms with Crippen molar-refractivity contribution < 1.29 is 41.7 Å². The summed E-state index contributed by atoms with van der Waals surface area (Å²) in [6.45, 7) is -1.09. The van der Waals surface area contributed by atoms with Gasteiger partial charge in [0, 0.05) is 21.7 Å². The van der Waals surface area contributed by atoms with Crippen LogP contribution >= 0.6 is 8.25 Å². The quantitative estimate of drug-likeness (QED) is 0.225. The van der Waals surface area contributed by atoms with E-state index in [1.165, 1.54) is 6.07 Å². The third-order valence-corrected chi connectivity index (χ3v) is 5.19. The second-order valence-electron chi connectivity index (χ2n) is 6.55. The largest absolute Gasteiger partial charge is 0.750 e. The fourth-order valence-corrected chi connectivity index (χ4v) is 3.65. The van der Waals surface area contributed by atoms with Gasteiger partial charge in [-0.1, -0.05) is 17.2 Å².